The van der Waals surface area contributed by atoms with Gasteiger partial charge >= 0.3 is 15.5 Å². The highest BCUT2D eigenvalue weighted by Gasteiger charge is 2.46. The lowest BCUT2D eigenvalue weighted by Crippen LogP contribution is -2.30. The van der Waals surface area contributed by atoms with Crippen LogP contribution in [-0.2, 0) is 20.0 Å². The number of aromatic nitrogens is 4. The van der Waals surface area contributed by atoms with Gasteiger partial charge in [-0.1, -0.05) is 96.0 Å². The zero-order valence-electron chi connectivity index (χ0n) is 32.2. The molecule has 6 aromatic carbocycles. The van der Waals surface area contributed by atoms with E-state index in [0.29, 0.717) is 45.0 Å². The first-order valence-electron chi connectivity index (χ1n) is 19.3. The molecule has 4 atom stereocenters. The Balaban J connectivity index is 0.000000159. The Kier molecular flexibility index (Phi) is 10.7. The van der Waals surface area contributed by atoms with Gasteiger partial charge in [-0.3, -0.25) is 4.72 Å². The molecule has 2 aliphatic carbocycles. The monoisotopic (exact) mass is 914 g/mol. The summed E-state index contributed by atoms with van der Waals surface area (Å²) in [5.74, 6) is 3.07. The number of H-pyrrole nitrogens is 2. The van der Waals surface area contributed by atoms with Crippen LogP contribution in [0.15, 0.2) is 138 Å². The van der Waals surface area contributed by atoms with Gasteiger partial charge < -0.3 is 9.97 Å². The van der Waals surface area contributed by atoms with Gasteiger partial charge in [0.15, 0.2) is 0 Å². The summed E-state index contributed by atoms with van der Waals surface area (Å²) in [6.07, 6.45) is 1.97. The van der Waals surface area contributed by atoms with Gasteiger partial charge in [0, 0.05) is 33.0 Å². The van der Waals surface area contributed by atoms with Crippen molar-refractivity contribution in [1.29, 1.82) is 0 Å². The molecule has 62 heavy (non-hydrogen) atoms. The molecule has 0 amide bonds. The fourth-order valence-corrected chi connectivity index (χ4v) is 9.67. The van der Waals surface area contributed by atoms with E-state index in [2.05, 4.69) is 21.0 Å². The standard InChI is InChI=1S/C23H17ClF3N3O2S.C22H18ClN3O2S/c24-15-5-3-4-13(10-15)17-12-18(17)22-28-20-9-8-14(11-21(20)29-22)16-6-1-2-7-19(16)30-33(31,32)23(25,26)27;23-15-5-3-4-13(10-15)17-12-18(17)22-25-19-9-8-14(11-20(19)26-22)16-6-1-2-7-21(16)29(24,27)28/h1-11,17-18,30H,12H2,(H,28,29);1-11,17-18H,12H2,(H,25,26)(H2,24,27,28). The maximum Gasteiger partial charge on any atom is 0.516 e. The summed E-state index contributed by atoms with van der Waals surface area (Å²) in [4.78, 5) is 16.3. The van der Waals surface area contributed by atoms with Crippen LogP contribution < -0.4 is 9.86 Å². The molecule has 4 unspecified atom stereocenters. The third-order valence-corrected chi connectivity index (χ3v) is 13.7. The predicted octanol–water partition coefficient (Wildman–Crippen LogP) is 11.2. The number of nitrogens with two attached hydrogens (primary N) is 1. The van der Waals surface area contributed by atoms with Crippen molar-refractivity contribution in [2.45, 2.75) is 46.9 Å². The van der Waals surface area contributed by atoms with Crippen molar-refractivity contribution in [3.63, 3.8) is 0 Å². The van der Waals surface area contributed by atoms with Crippen LogP contribution in [0.2, 0.25) is 10.0 Å². The van der Waals surface area contributed by atoms with Gasteiger partial charge in [-0.25, -0.2) is 23.5 Å². The van der Waals surface area contributed by atoms with E-state index < -0.39 is 25.6 Å². The molecule has 2 aliphatic rings. The number of primary sulfonamides is 1. The van der Waals surface area contributed by atoms with E-state index in [-0.39, 0.29) is 16.5 Å². The topological polar surface area (TPSA) is 164 Å². The third-order valence-electron chi connectivity index (χ3n) is 11.1. The number of nitrogens with one attached hydrogen (secondary N) is 3. The molecule has 8 aromatic rings. The number of alkyl halides is 3. The van der Waals surface area contributed by atoms with E-state index in [9.17, 15) is 30.0 Å². The number of imidazole rings is 2. The maximum atomic E-state index is 12.9. The Morgan fingerprint density at radius 1 is 0.597 bits per heavy atom. The van der Waals surface area contributed by atoms with Crippen LogP contribution in [0, 0.1) is 0 Å². The van der Waals surface area contributed by atoms with Crippen LogP contribution in [-0.4, -0.2) is 42.3 Å². The average Bonchev–Trinajstić information content (AvgIpc) is 4.13. The number of hydrogen-bond donors (Lipinski definition) is 4. The van der Waals surface area contributed by atoms with Gasteiger partial charge in [0.25, 0.3) is 0 Å². The van der Waals surface area contributed by atoms with Crippen molar-refractivity contribution >= 4 is 71.0 Å². The molecular formula is C45H35Cl2F3N6O4S2. The molecule has 2 fully saturated rings. The molecule has 10 rings (SSSR count). The fraction of sp³-hybridized carbons (Fsp3) is 0.156. The van der Waals surface area contributed by atoms with Crippen LogP contribution in [0.25, 0.3) is 44.3 Å². The van der Waals surface area contributed by atoms with E-state index in [1.165, 1.54) is 23.8 Å². The lowest BCUT2D eigenvalue weighted by Gasteiger charge is -2.14. The highest BCUT2D eigenvalue weighted by atomic mass is 35.5. The second-order valence-corrected chi connectivity index (χ2v) is 19.4. The molecule has 2 saturated carbocycles. The molecule has 0 bridgehead atoms. The number of para-hydroxylation sites is 1. The van der Waals surface area contributed by atoms with Gasteiger partial charge in [0.2, 0.25) is 10.0 Å². The Bertz CT molecular complexity index is 3250. The SMILES string of the molecule is NS(=O)(=O)c1ccccc1-c1ccc2nc(C3CC3c3cccc(Cl)c3)[nH]c2c1.O=S(=O)(Nc1ccccc1-c1ccc2nc(C3CC3c3cccc(Cl)c3)[nH]c2c1)C(F)(F)F. The van der Waals surface area contributed by atoms with Gasteiger partial charge in [0.1, 0.15) is 11.6 Å². The van der Waals surface area contributed by atoms with Crippen LogP contribution in [0.5, 0.6) is 0 Å². The Hall–Kier alpha value is -5.71. The van der Waals surface area contributed by atoms with Crippen molar-refractivity contribution in [2.24, 2.45) is 5.14 Å². The van der Waals surface area contributed by atoms with E-state index in [1.54, 1.807) is 53.3 Å². The Morgan fingerprint density at radius 2 is 1.08 bits per heavy atom. The van der Waals surface area contributed by atoms with E-state index in [4.69, 9.17) is 33.3 Å². The molecule has 0 saturated heterocycles. The number of fused-ring (bicyclic) bond motifs is 2. The van der Waals surface area contributed by atoms with Gasteiger partial charge in [-0.2, -0.15) is 21.6 Å². The number of rotatable bonds is 9. The van der Waals surface area contributed by atoms with Gasteiger partial charge in [0.05, 0.1) is 32.6 Å². The number of aromatic amines is 2. The lowest BCUT2D eigenvalue weighted by molar-refractivity contribution is -0.0429. The quantitative estimate of drug-likeness (QED) is 0.113. The number of benzene rings is 6. The highest BCUT2D eigenvalue weighted by molar-refractivity contribution is 7.93. The van der Waals surface area contributed by atoms with Crippen molar-refractivity contribution in [2.75, 3.05) is 4.72 Å². The zero-order chi connectivity index (χ0) is 43.6. The number of halogens is 5. The third kappa shape index (κ3) is 8.55. The van der Waals surface area contributed by atoms with Crippen LogP contribution in [0.4, 0.5) is 18.9 Å². The molecule has 316 valence electrons. The van der Waals surface area contributed by atoms with Crippen molar-refractivity contribution in [1.82, 2.24) is 19.9 Å². The highest BCUT2D eigenvalue weighted by Crippen LogP contribution is 2.55. The van der Waals surface area contributed by atoms with Crippen LogP contribution in [0.3, 0.4) is 0 Å². The van der Waals surface area contributed by atoms with Crippen LogP contribution >= 0.6 is 23.2 Å². The summed E-state index contributed by atoms with van der Waals surface area (Å²) < 4.78 is 87.3. The summed E-state index contributed by atoms with van der Waals surface area (Å²) in [5, 5.41) is 6.82. The summed E-state index contributed by atoms with van der Waals surface area (Å²) in [7, 11) is -9.35. The number of sulfonamides is 2. The first-order chi connectivity index (χ1) is 29.5. The molecule has 5 N–H and O–H groups in total. The zero-order valence-corrected chi connectivity index (χ0v) is 35.4. The second-order valence-electron chi connectivity index (χ2n) is 15.4. The number of hydrogen-bond acceptors (Lipinski definition) is 6. The summed E-state index contributed by atoms with van der Waals surface area (Å²) in [6, 6.07) is 39.3. The Morgan fingerprint density at radius 3 is 1.58 bits per heavy atom. The minimum atomic E-state index is -5.54. The Labute approximate surface area is 364 Å². The lowest BCUT2D eigenvalue weighted by atomic mass is 10.0. The molecule has 0 spiro atoms. The fourth-order valence-electron chi connectivity index (χ4n) is 7.93. The predicted molar refractivity (Wildman–Crippen MR) is 236 cm³/mol. The summed E-state index contributed by atoms with van der Waals surface area (Å²) in [5.41, 5.74) is 2.22. The van der Waals surface area contributed by atoms with Gasteiger partial charge in [-0.05, 0) is 108 Å². The molecule has 0 radical (unpaired) electrons. The minimum Gasteiger partial charge on any atom is -0.342 e. The van der Waals surface area contributed by atoms with E-state index >= 15 is 0 Å². The van der Waals surface area contributed by atoms with Crippen molar-refractivity contribution < 1.29 is 30.0 Å². The molecule has 2 heterocycles. The van der Waals surface area contributed by atoms with E-state index in [0.717, 1.165) is 57.2 Å². The molecule has 2 aromatic heterocycles. The minimum absolute atomic E-state index is 0.113. The summed E-state index contributed by atoms with van der Waals surface area (Å²) >= 11 is 12.2. The smallest absolute Gasteiger partial charge is 0.342 e. The van der Waals surface area contributed by atoms with Crippen molar-refractivity contribution in [3.8, 4) is 22.3 Å². The molecule has 10 nitrogen and oxygen atoms in total. The van der Waals surface area contributed by atoms with Crippen molar-refractivity contribution in [3.05, 3.63) is 166 Å². The summed E-state index contributed by atoms with van der Waals surface area (Å²) in [6.45, 7) is 0. The van der Waals surface area contributed by atoms with Gasteiger partial charge in [-0.15, -0.1) is 0 Å². The van der Waals surface area contributed by atoms with Crippen LogP contribution in [0.1, 0.15) is 59.3 Å². The maximum absolute atomic E-state index is 12.9. The average molecular weight is 916 g/mol. The number of nitrogens with zero attached hydrogens (tertiary/aromatic N) is 2. The second kappa shape index (κ2) is 15.9. The number of anilines is 1. The normalized spacial score (nSPS) is 18.6. The molecule has 17 heteroatoms. The molecular weight excluding hydrogens is 881 g/mol. The van der Waals surface area contributed by atoms with E-state index in [1.807, 2.05) is 60.7 Å². The largest absolute Gasteiger partial charge is 0.516 e. The first-order valence-corrected chi connectivity index (χ1v) is 23.1. The molecule has 0 aliphatic heterocycles. The first kappa shape index (κ1) is 41.6.